The van der Waals surface area contributed by atoms with Gasteiger partial charge in [0.15, 0.2) is 6.29 Å². The lowest BCUT2D eigenvalue weighted by Gasteiger charge is -2.09. The summed E-state index contributed by atoms with van der Waals surface area (Å²) in [5, 5.41) is 17.7. The van der Waals surface area contributed by atoms with E-state index in [0.717, 1.165) is 0 Å². The molecule has 0 spiro atoms. The predicted molar refractivity (Wildman–Crippen MR) is 33.4 cm³/mol. The number of aliphatic hydroxyl groups excluding tert-OH is 2. The van der Waals surface area contributed by atoms with Crippen LogP contribution in [0, 0.1) is 0 Å². The smallest absolute Gasteiger partial charge is 0.160 e. The zero-order valence-electron chi connectivity index (χ0n) is 5.86. The molecule has 0 aromatic heterocycles. The molecule has 4 heteroatoms. The van der Waals surface area contributed by atoms with Crippen LogP contribution in [0.25, 0.3) is 0 Å². The summed E-state index contributed by atoms with van der Waals surface area (Å²) in [5.74, 6) is 0. The Balaban J connectivity index is 2.36. The van der Waals surface area contributed by atoms with E-state index in [4.69, 9.17) is 19.7 Å². The Morgan fingerprint density at radius 2 is 2.40 bits per heavy atom. The van der Waals surface area contributed by atoms with Crippen LogP contribution in [0.1, 0.15) is 6.42 Å². The molecule has 1 saturated heterocycles. The Kier molecular flexibility index (Phi) is 2.62. The standard InChI is InChI=1S/C6H12O4/c1-9-6-2-4(8)5(3-7)10-6/h4-8H,2-3H2,1H3/t4?,5-,6-/m0/s1. The van der Waals surface area contributed by atoms with Gasteiger partial charge in [0, 0.05) is 13.5 Å². The molecule has 0 amide bonds. The van der Waals surface area contributed by atoms with Crippen molar-refractivity contribution in [1.82, 2.24) is 0 Å². The van der Waals surface area contributed by atoms with Gasteiger partial charge in [-0.3, -0.25) is 0 Å². The van der Waals surface area contributed by atoms with Gasteiger partial charge in [0.2, 0.25) is 0 Å². The summed E-state index contributed by atoms with van der Waals surface area (Å²) in [6.07, 6.45) is -0.964. The fourth-order valence-electron chi connectivity index (χ4n) is 1.01. The Bertz CT molecular complexity index is 106. The zero-order chi connectivity index (χ0) is 7.56. The monoisotopic (exact) mass is 148 g/mol. The molecule has 0 aliphatic carbocycles. The molecule has 0 saturated carbocycles. The van der Waals surface area contributed by atoms with Gasteiger partial charge in [-0.05, 0) is 0 Å². The third-order valence-electron chi connectivity index (χ3n) is 1.63. The molecule has 60 valence electrons. The van der Waals surface area contributed by atoms with Crippen LogP contribution in [0.3, 0.4) is 0 Å². The van der Waals surface area contributed by atoms with Crippen molar-refractivity contribution < 1.29 is 19.7 Å². The van der Waals surface area contributed by atoms with Gasteiger partial charge in [-0.1, -0.05) is 0 Å². The summed E-state index contributed by atoms with van der Waals surface area (Å²) in [6.45, 7) is -0.152. The van der Waals surface area contributed by atoms with Gasteiger partial charge >= 0.3 is 0 Å². The first-order chi connectivity index (χ1) is 4.77. The predicted octanol–water partition coefficient (Wildman–Crippen LogP) is -0.899. The van der Waals surface area contributed by atoms with Gasteiger partial charge in [0.1, 0.15) is 6.10 Å². The summed E-state index contributed by atoms with van der Waals surface area (Å²) >= 11 is 0. The number of hydrogen-bond acceptors (Lipinski definition) is 4. The van der Waals surface area contributed by atoms with Crippen molar-refractivity contribution in [2.24, 2.45) is 0 Å². The highest BCUT2D eigenvalue weighted by atomic mass is 16.7. The molecule has 1 rings (SSSR count). The average molecular weight is 148 g/mol. The van der Waals surface area contributed by atoms with Crippen molar-refractivity contribution in [1.29, 1.82) is 0 Å². The van der Waals surface area contributed by atoms with Gasteiger partial charge in [0.05, 0.1) is 12.7 Å². The molecule has 3 atom stereocenters. The second-order valence-corrected chi connectivity index (χ2v) is 2.33. The van der Waals surface area contributed by atoms with E-state index in [2.05, 4.69) is 0 Å². The molecule has 1 heterocycles. The summed E-state index contributed by atoms with van der Waals surface area (Å²) in [6, 6.07) is 0. The summed E-state index contributed by atoms with van der Waals surface area (Å²) < 4.78 is 9.87. The molecular formula is C6H12O4. The normalized spacial score (nSPS) is 40.5. The summed E-state index contributed by atoms with van der Waals surface area (Å²) in [5.41, 5.74) is 0. The lowest BCUT2D eigenvalue weighted by molar-refractivity contribution is -0.127. The average Bonchev–Trinajstić information content (AvgIpc) is 2.30. The molecule has 0 aromatic rings. The zero-order valence-corrected chi connectivity index (χ0v) is 5.86. The Morgan fingerprint density at radius 1 is 1.70 bits per heavy atom. The highest BCUT2D eigenvalue weighted by Crippen LogP contribution is 2.19. The van der Waals surface area contributed by atoms with E-state index >= 15 is 0 Å². The summed E-state index contributed by atoms with van der Waals surface area (Å²) in [7, 11) is 1.51. The first-order valence-corrected chi connectivity index (χ1v) is 3.25. The molecule has 0 radical (unpaired) electrons. The van der Waals surface area contributed by atoms with Crippen molar-refractivity contribution >= 4 is 0 Å². The van der Waals surface area contributed by atoms with Gasteiger partial charge in [0.25, 0.3) is 0 Å². The van der Waals surface area contributed by atoms with Crippen LogP contribution >= 0.6 is 0 Å². The topological polar surface area (TPSA) is 58.9 Å². The Hall–Kier alpha value is -0.160. The second kappa shape index (κ2) is 3.30. The quantitative estimate of drug-likeness (QED) is 0.533. The van der Waals surface area contributed by atoms with Crippen molar-refractivity contribution in [3.63, 3.8) is 0 Å². The second-order valence-electron chi connectivity index (χ2n) is 2.33. The molecule has 0 bridgehead atoms. The van der Waals surface area contributed by atoms with Crippen LogP contribution in [-0.2, 0) is 9.47 Å². The van der Waals surface area contributed by atoms with E-state index in [1.165, 1.54) is 7.11 Å². The van der Waals surface area contributed by atoms with Gasteiger partial charge < -0.3 is 19.7 Å². The number of methoxy groups -OCH3 is 1. The third-order valence-corrected chi connectivity index (χ3v) is 1.63. The van der Waals surface area contributed by atoms with Crippen molar-refractivity contribution in [2.75, 3.05) is 13.7 Å². The largest absolute Gasteiger partial charge is 0.394 e. The minimum atomic E-state index is -0.588. The Morgan fingerprint density at radius 3 is 2.70 bits per heavy atom. The first-order valence-electron chi connectivity index (χ1n) is 3.25. The minimum absolute atomic E-state index is 0.152. The van der Waals surface area contributed by atoms with Crippen LogP contribution in [0.2, 0.25) is 0 Å². The third kappa shape index (κ3) is 1.46. The van der Waals surface area contributed by atoms with E-state index in [1.54, 1.807) is 0 Å². The number of aliphatic hydroxyl groups is 2. The van der Waals surface area contributed by atoms with Crippen LogP contribution in [0.15, 0.2) is 0 Å². The first kappa shape index (κ1) is 7.94. The number of ether oxygens (including phenoxy) is 2. The van der Waals surface area contributed by atoms with Crippen molar-refractivity contribution in [2.45, 2.75) is 24.9 Å². The molecule has 1 aliphatic rings. The maximum Gasteiger partial charge on any atom is 0.160 e. The number of rotatable bonds is 2. The highest BCUT2D eigenvalue weighted by molar-refractivity contribution is 4.76. The fourth-order valence-corrected chi connectivity index (χ4v) is 1.01. The van der Waals surface area contributed by atoms with Crippen molar-refractivity contribution in [3.05, 3.63) is 0 Å². The SMILES string of the molecule is CO[C@@H]1CC(O)[C@H](CO)O1. The Labute approximate surface area is 59.4 Å². The molecule has 1 unspecified atom stereocenters. The van der Waals surface area contributed by atoms with E-state index in [9.17, 15) is 0 Å². The number of hydrogen-bond donors (Lipinski definition) is 2. The summed E-state index contributed by atoms with van der Waals surface area (Å²) in [4.78, 5) is 0. The maximum absolute atomic E-state index is 9.13. The lowest BCUT2D eigenvalue weighted by Crippen LogP contribution is -2.24. The lowest BCUT2D eigenvalue weighted by atomic mass is 10.2. The molecule has 0 aromatic carbocycles. The van der Waals surface area contributed by atoms with Gasteiger partial charge in [-0.15, -0.1) is 0 Å². The minimum Gasteiger partial charge on any atom is -0.394 e. The van der Waals surface area contributed by atoms with E-state index in [1.807, 2.05) is 0 Å². The van der Waals surface area contributed by atoms with Crippen LogP contribution < -0.4 is 0 Å². The molecule has 10 heavy (non-hydrogen) atoms. The van der Waals surface area contributed by atoms with Crippen LogP contribution in [-0.4, -0.2) is 42.4 Å². The van der Waals surface area contributed by atoms with Crippen LogP contribution in [0.4, 0.5) is 0 Å². The highest BCUT2D eigenvalue weighted by Gasteiger charge is 2.32. The van der Waals surface area contributed by atoms with E-state index in [-0.39, 0.29) is 12.9 Å². The van der Waals surface area contributed by atoms with Gasteiger partial charge in [-0.2, -0.15) is 0 Å². The fraction of sp³-hybridized carbons (Fsp3) is 1.00. The van der Waals surface area contributed by atoms with E-state index in [0.29, 0.717) is 6.42 Å². The molecule has 2 N–H and O–H groups in total. The molecule has 1 aliphatic heterocycles. The molecule has 1 fully saturated rings. The van der Waals surface area contributed by atoms with E-state index < -0.39 is 12.2 Å². The maximum atomic E-state index is 9.13. The molecular weight excluding hydrogens is 136 g/mol. The van der Waals surface area contributed by atoms with Gasteiger partial charge in [-0.25, -0.2) is 0 Å². The molecule has 4 nitrogen and oxygen atoms in total. The van der Waals surface area contributed by atoms with Crippen molar-refractivity contribution in [3.8, 4) is 0 Å². The van der Waals surface area contributed by atoms with Crippen LogP contribution in [0.5, 0.6) is 0 Å².